The van der Waals surface area contributed by atoms with Gasteiger partial charge < -0.3 is 14.9 Å². The molecule has 3 heteroatoms. The van der Waals surface area contributed by atoms with E-state index < -0.39 is 0 Å². The highest BCUT2D eigenvalue weighted by Gasteiger charge is 2.06. The zero-order valence-corrected chi connectivity index (χ0v) is 7.03. The van der Waals surface area contributed by atoms with Gasteiger partial charge in [-0.05, 0) is 12.8 Å². The van der Waals surface area contributed by atoms with E-state index in [0.717, 1.165) is 26.1 Å². The zero-order chi connectivity index (χ0) is 8.10. The van der Waals surface area contributed by atoms with Gasteiger partial charge in [-0.3, -0.25) is 0 Å². The smallest absolute Gasteiger partial charge is 0.0890 e. The maximum atomic E-state index is 8.55. The van der Waals surface area contributed by atoms with Crippen LogP contribution in [0.5, 0.6) is 0 Å². The molecular formula is C8H16N2O. The van der Waals surface area contributed by atoms with Crippen LogP contribution in [0, 0.1) is 0 Å². The molecule has 11 heavy (non-hydrogen) atoms. The largest absolute Gasteiger partial charge is 0.396 e. The van der Waals surface area contributed by atoms with Crippen LogP contribution in [0.4, 0.5) is 0 Å². The van der Waals surface area contributed by atoms with E-state index in [0.29, 0.717) is 6.61 Å². The topological polar surface area (TPSA) is 26.7 Å². The first-order chi connectivity index (χ1) is 5.33. The molecule has 3 nitrogen and oxygen atoms in total. The van der Waals surface area contributed by atoms with Crippen molar-refractivity contribution in [2.45, 2.75) is 12.8 Å². The van der Waals surface area contributed by atoms with Crippen molar-refractivity contribution < 1.29 is 5.11 Å². The average Bonchev–Trinajstić information content (AvgIpc) is 2.37. The number of aliphatic hydroxyl groups is 1. The van der Waals surface area contributed by atoms with Crippen LogP contribution in [0.15, 0.2) is 12.4 Å². The molecule has 0 aromatic heterocycles. The van der Waals surface area contributed by atoms with E-state index in [-0.39, 0.29) is 0 Å². The van der Waals surface area contributed by atoms with Crippen LogP contribution >= 0.6 is 0 Å². The molecular weight excluding hydrogens is 140 g/mol. The van der Waals surface area contributed by atoms with Crippen LogP contribution in [0.1, 0.15) is 12.8 Å². The van der Waals surface area contributed by atoms with Crippen LogP contribution in [0.2, 0.25) is 0 Å². The van der Waals surface area contributed by atoms with Gasteiger partial charge in [0.15, 0.2) is 0 Å². The molecule has 0 spiro atoms. The second-order valence-corrected chi connectivity index (χ2v) is 2.94. The van der Waals surface area contributed by atoms with Crippen molar-refractivity contribution in [3.05, 3.63) is 12.4 Å². The van der Waals surface area contributed by atoms with E-state index in [4.69, 9.17) is 5.11 Å². The summed E-state index contributed by atoms with van der Waals surface area (Å²) in [6, 6.07) is 0. The Hall–Kier alpha value is -0.700. The zero-order valence-electron chi connectivity index (χ0n) is 7.03. The highest BCUT2D eigenvalue weighted by molar-refractivity contribution is 4.88. The minimum Gasteiger partial charge on any atom is -0.396 e. The lowest BCUT2D eigenvalue weighted by atomic mass is 10.3. The quantitative estimate of drug-likeness (QED) is 0.598. The van der Waals surface area contributed by atoms with Crippen LogP contribution in [-0.2, 0) is 0 Å². The first-order valence-corrected chi connectivity index (χ1v) is 4.06. The molecule has 0 radical (unpaired) electrons. The van der Waals surface area contributed by atoms with Gasteiger partial charge in [0.25, 0.3) is 0 Å². The molecule has 0 aromatic rings. The molecule has 1 aliphatic rings. The van der Waals surface area contributed by atoms with Crippen molar-refractivity contribution in [1.29, 1.82) is 0 Å². The number of nitrogens with zero attached hydrogens (tertiary/aromatic N) is 2. The van der Waals surface area contributed by atoms with Gasteiger partial charge in [0.2, 0.25) is 0 Å². The predicted octanol–water partition coefficient (Wildman–Crippen LogP) is 0.435. The van der Waals surface area contributed by atoms with Crippen molar-refractivity contribution in [1.82, 2.24) is 9.80 Å². The van der Waals surface area contributed by atoms with Gasteiger partial charge >= 0.3 is 0 Å². The third-order valence-corrected chi connectivity index (χ3v) is 1.79. The summed E-state index contributed by atoms with van der Waals surface area (Å²) in [6.45, 7) is 2.36. The molecule has 0 aliphatic carbocycles. The van der Waals surface area contributed by atoms with E-state index in [1.807, 2.05) is 0 Å². The summed E-state index contributed by atoms with van der Waals surface area (Å²) in [5.41, 5.74) is 0. The molecule has 1 rings (SSSR count). The van der Waals surface area contributed by atoms with Gasteiger partial charge in [0.05, 0.1) is 6.67 Å². The summed E-state index contributed by atoms with van der Waals surface area (Å²) in [6.07, 6.45) is 6.15. The third kappa shape index (κ3) is 2.80. The van der Waals surface area contributed by atoms with Crippen LogP contribution in [0.25, 0.3) is 0 Å². The lowest BCUT2D eigenvalue weighted by molar-refractivity contribution is 0.257. The van der Waals surface area contributed by atoms with Crippen molar-refractivity contribution in [3.8, 4) is 0 Å². The van der Waals surface area contributed by atoms with Gasteiger partial charge in [0.1, 0.15) is 0 Å². The highest BCUT2D eigenvalue weighted by atomic mass is 16.2. The van der Waals surface area contributed by atoms with Crippen molar-refractivity contribution in [2.75, 3.05) is 26.9 Å². The fourth-order valence-electron chi connectivity index (χ4n) is 1.16. The fourth-order valence-corrected chi connectivity index (χ4v) is 1.16. The number of unbranched alkanes of at least 4 members (excludes halogenated alkanes) is 1. The van der Waals surface area contributed by atoms with Crippen LogP contribution < -0.4 is 0 Å². The molecule has 0 atom stereocenters. The Balaban J connectivity index is 2.05. The standard InChI is InChI=1S/C8H16N2O/c1-9-5-6-10(8-9)4-2-3-7-11/h5-6,11H,2-4,7-8H2,1H3. The second kappa shape index (κ2) is 4.23. The first-order valence-electron chi connectivity index (χ1n) is 4.06. The summed E-state index contributed by atoms with van der Waals surface area (Å²) in [5, 5.41) is 8.55. The van der Waals surface area contributed by atoms with Gasteiger partial charge in [-0.15, -0.1) is 0 Å². The predicted molar refractivity (Wildman–Crippen MR) is 44.8 cm³/mol. The molecule has 1 N–H and O–H groups in total. The SMILES string of the molecule is CN1C=CN(CCCCO)C1. The maximum Gasteiger partial charge on any atom is 0.0890 e. The van der Waals surface area contributed by atoms with Gasteiger partial charge in [-0.1, -0.05) is 0 Å². The Morgan fingerprint density at radius 1 is 1.36 bits per heavy atom. The number of rotatable bonds is 4. The highest BCUT2D eigenvalue weighted by Crippen LogP contribution is 2.04. The van der Waals surface area contributed by atoms with Gasteiger partial charge in [0, 0.05) is 32.6 Å². The van der Waals surface area contributed by atoms with Crippen molar-refractivity contribution >= 4 is 0 Å². The lowest BCUT2D eigenvalue weighted by Crippen LogP contribution is -2.23. The van der Waals surface area contributed by atoms with Crippen molar-refractivity contribution in [3.63, 3.8) is 0 Å². The Labute approximate surface area is 67.9 Å². The van der Waals surface area contributed by atoms with Crippen molar-refractivity contribution in [2.24, 2.45) is 0 Å². The summed E-state index contributed by atoms with van der Waals surface area (Å²) in [5.74, 6) is 0. The van der Waals surface area contributed by atoms with E-state index in [2.05, 4.69) is 29.2 Å². The Bertz CT molecular complexity index is 136. The molecule has 0 fully saturated rings. The van der Waals surface area contributed by atoms with E-state index in [1.54, 1.807) is 0 Å². The number of hydrogen-bond donors (Lipinski definition) is 1. The molecule has 1 heterocycles. The molecule has 1 aliphatic heterocycles. The molecule has 0 bridgehead atoms. The summed E-state index contributed by atoms with van der Waals surface area (Å²) in [7, 11) is 2.06. The molecule has 64 valence electrons. The minimum absolute atomic E-state index is 0.313. The lowest BCUT2D eigenvalue weighted by Gasteiger charge is -2.17. The molecule has 0 unspecified atom stereocenters. The first kappa shape index (κ1) is 8.40. The van der Waals surface area contributed by atoms with E-state index in [1.165, 1.54) is 0 Å². The average molecular weight is 156 g/mol. The molecule has 0 saturated heterocycles. The second-order valence-electron chi connectivity index (χ2n) is 2.94. The fraction of sp³-hybridized carbons (Fsp3) is 0.750. The maximum absolute atomic E-state index is 8.55. The van der Waals surface area contributed by atoms with Gasteiger partial charge in [-0.2, -0.15) is 0 Å². The third-order valence-electron chi connectivity index (χ3n) is 1.79. The number of aliphatic hydroxyl groups excluding tert-OH is 1. The van der Waals surface area contributed by atoms with Crippen LogP contribution in [0.3, 0.4) is 0 Å². The summed E-state index contributed by atoms with van der Waals surface area (Å²) < 4.78 is 0. The minimum atomic E-state index is 0.313. The summed E-state index contributed by atoms with van der Waals surface area (Å²) >= 11 is 0. The van der Waals surface area contributed by atoms with Crippen LogP contribution in [-0.4, -0.2) is 41.8 Å². The van der Waals surface area contributed by atoms with E-state index in [9.17, 15) is 0 Å². The monoisotopic (exact) mass is 156 g/mol. The molecule has 0 amide bonds. The molecule has 0 aromatic carbocycles. The number of hydrogen-bond acceptors (Lipinski definition) is 3. The van der Waals surface area contributed by atoms with E-state index >= 15 is 0 Å². The molecule has 0 saturated carbocycles. The Morgan fingerprint density at radius 3 is 2.73 bits per heavy atom. The Kier molecular flexibility index (Phi) is 3.23. The summed E-state index contributed by atoms with van der Waals surface area (Å²) in [4.78, 5) is 4.38. The normalized spacial score (nSPS) is 16.5. The Morgan fingerprint density at radius 2 is 2.18 bits per heavy atom. The van der Waals surface area contributed by atoms with Gasteiger partial charge in [-0.25, -0.2) is 0 Å².